The minimum Gasteiger partial charge on any atom is -0.355 e. The van der Waals surface area contributed by atoms with Crippen molar-refractivity contribution in [3.63, 3.8) is 0 Å². The molecule has 0 atom stereocenters. The number of hydrogen-bond acceptors (Lipinski definition) is 8. The zero-order valence-corrected chi connectivity index (χ0v) is 33.4. The molecule has 12 nitrogen and oxygen atoms in total. The molecule has 0 aliphatic heterocycles. The van der Waals surface area contributed by atoms with Gasteiger partial charge in [-0.2, -0.15) is 16.8 Å². The van der Waals surface area contributed by atoms with Crippen molar-refractivity contribution in [1.29, 1.82) is 0 Å². The summed E-state index contributed by atoms with van der Waals surface area (Å²) in [5.74, 6) is -1.25. The highest BCUT2D eigenvalue weighted by Gasteiger charge is 2.28. The Hall–Kier alpha value is -5.54. The van der Waals surface area contributed by atoms with E-state index in [0.717, 1.165) is 56.9 Å². The Morgan fingerprint density at radius 2 is 0.945 bits per heavy atom. The maximum atomic E-state index is 12.8. The molecule has 0 radical (unpaired) electrons. The van der Waals surface area contributed by atoms with E-state index in [9.17, 15) is 35.5 Å². The quantitative estimate of drug-likeness (QED) is 0.0581. The average Bonchev–Trinajstić information content (AvgIpc) is 3.12. The van der Waals surface area contributed by atoms with E-state index in [2.05, 4.69) is 21.3 Å². The van der Waals surface area contributed by atoms with Crippen LogP contribution in [0.3, 0.4) is 0 Å². The summed E-state index contributed by atoms with van der Waals surface area (Å²) in [6.07, 6.45) is 0. The Bertz CT molecular complexity index is 2430. The Labute approximate surface area is 321 Å². The molecule has 0 spiro atoms. The second-order valence-corrected chi connectivity index (χ2v) is 16.3. The van der Waals surface area contributed by atoms with Gasteiger partial charge in [0.15, 0.2) is 0 Å². The Morgan fingerprint density at radius 3 is 1.29 bits per heavy atom. The van der Waals surface area contributed by atoms with Gasteiger partial charge in [0.25, 0.3) is 32.1 Å². The lowest BCUT2D eigenvalue weighted by molar-refractivity contribution is 0.0953. The minimum atomic E-state index is -4.99. The lowest BCUT2D eigenvalue weighted by Crippen LogP contribution is -2.21. The lowest BCUT2D eigenvalue weighted by Gasteiger charge is -2.23. The Balaban J connectivity index is 1.61. The van der Waals surface area contributed by atoms with Crippen LogP contribution in [0.1, 0.15) is 76.7 Å². The second kappa shape index (κ2) is 15.7. The summed E-state index contributed by atoms with van der Waals surface area (Å²) in [5, 5.41) is 12.2. The van der Waals surface area contributed by atoms with Gasteiger partial charge in [-0.3, -0.25) is 18.7 Å². The number of amides is 2. The van der Waals surface area contributed by atoms with Crippen LogP contribution in [0.4, 0.5) is 22.7 Å². The van der Waals surface area contributed by atoms with E-state index in [4.69, 9.17) is 0 Å². The molecule has 0 aliphatic rings. The number of rotatable bonds is 11. The fraction of sp³-hybridized carbons (Fsp3) is 0.220. The molecule has 2 amide bonds. The van der Waals surface area contributed by atoms with E-state index < -0.39 is 35.9 Å². The molecule has 0 saturated carbocycles. The predicted molar refractivity (Wildman–Crippen MR) is 215 cm³/mol. The standard InChI is InChI=1S/C41H44N4O8S2/c1-22-19-24(3)38(26(5)35(22)40(46)42-7)44-30-13-9-28(10-14-30)37(33-18-17-32(54(48,49)50)21-34(33)55(51,52)53)29-11-15-31(16-12-29)45-39-25(4)20-23(2)36(27(39)6)41(47)43-8/h9-21,37,44-45H,1-8H3,(H,42,46)(H,43,47)(H,48,49,50)(H,51,52,53). The summed E-state index contributed by atoms with van der Waals surface area (Å²) < 4.78 is 69.7. The summed E-state index contributed by atoms with van der Waals surface area (Å²) in [6.45, 7) is 11.4. The molecule has 55 heavy (non-hydrogen) atoms. The van der Waals surface area contributed by atoms with Crippen LogP contribution in [0, 0.1) is 41.5 Å². The van der Waals surface area contributed by atoms with Crippen molar-refractivity contribution in [3.05, 3.63) is 140 Å². The smallest absolute Gasteiger partial charge is 0.294 e. The van der Waals surface area contributed by atoms with Crippen molar-refractivity contribution in [1.82, 2.24) is 10.6 Å². The third kappa shape index (κ3) is 8.42. The number of nitrogens with one attached hydrogen (secondary N) is 4. The number of carbonyl (C=O) groups is 2. The van der Waals surface area contributed by atoms with Crippen LogP contribution in [-0.4, -0.2) is 51.9 Å². The van der Waals surface area contributed by atoms with Crippen LogP contribution in [0.15, 0.2) is 88.7 Å². The van der Waals surface area contributed by atoms with Gasteiger partial charge < -0.3 is 21.3 Å². The van der Waals surface area contributed by atoms with Crippen LogP contribution in [-0.2, 0) is 20.2 Å². The van der Waals surface area contributed by atoms with Gasteiger partial charge in [-0.05, 0) is 128 Å². The zero-order chi connectivity index (χ0) is 40.6. The molecular weight excluding hydrogens is 741 g/mol. The summed E-state index contributed by atoms with van der Waals surface area (Å²) in [6, 6.07) is 21.2. The van der Waals surface area contributed by atoms with Gasteiger partial charge in [-0.15, -0.1) is 0 Å². The Kier molecular flexibility index (Phi) is 11.6. The van der Waals surface area contributed by atoms with Crippen molar-refractivity contribution in [3.8, 4) is 0 Å². The average molecular weight is 785 g/mol. The van der Waals surface area contributed by atoms with Gasteiger partial charge in [0.1, 0.15) is 0 Å². The molecule has 0 saturated heterocycles. The van der Waals surface area contributed by atoms with Gasteiger partial charge in [0.2, 0.25) is 0 Å². The van der Waals surface area contributed by atoms with E-state index in [-0.39, 0.29) is 17.4 Å². The number of anilines is 4. The number of hydrogen-bond donors (Lipinski definition) is 6. The molecule has 0 fully saturated rings. The maximum Gasteiger partial charge on any atom is 0.294 e. The van der Waals surface area contributed by atoms with Crippen molar-refractivity contribution in [2.45, 2.75) is 57.3 Å². The van der Waals surface area contributed by atoms with Crippen LogP contribution in [0.2, 0.25) is 0 Å². The van der Waals surface area contributed by atoms with Crippen LogP contribution in [0.5, 0.6) is 0 Å². The molecule has 288 valence electrons. The molecule has 0 bridgehead atoms. The number of benzene rings is 5. The summed E-state index contributed by atoms with van der Waals surface area (Å²) in [4.78, 5) is 24.0. The van der Waals surface area contributed by atoms with Crippen LogP contribution >= 0.6 is 0 Å². The molecule has 0 aliphatic carbocycles. The van der Waals surface area contributed by atoms with Gasteiger partial charge >= 0.3 is 0 Å². The van der Waals surface area contributed by atoms with Crippen molar-refractivity contribution in [2.24, 2.45) is 0 Å². The lowest BCUT2D eigenvalue weighted by atomic mass is 9.85. The van der Waals surface area contributed by atoms with E-state index >= 15 is 0 Å². The fourth-order valence-corrected chi connectivity index (χ4v) is 8.54. The van der Waals surface area contributed by atoms with Gasteiger partial charge in [0, 0.05) is 53.9 Å². The topological polar surface area (TPSA) is 191 Å². The molecule has 0 heterocycles. The zero-order valence-electron chi connectivity index (χ0n) is 31.7. The van der Waals surface area contributed by atoms with Crippen molar-refractivity contribution < 1.29 is 35.5 Å². The molecule has 5 rings (SSSR count). The number of carbonyl (C=O) groups excluding carboxylic acids is 2. The van der Waals surface area contributed by atoms with E-state index in [0.29, 0.717) is 33.6 Å². The first-order valence-corrected chi connectivity index (χ1v) is 20.1. The highest BCUT2D eigenvalue weighted by molar-refractivity contribution is 7.86. The van der Waals surface area contributed by atoms with Gasteiger partial charge in [-0.1, -0.05) is 42.5 Å². The second-order valence-electron chi connectivity index (χ2n) is 13.5. The SMILES string of the molecule is CNC(=O)c1c(C)cc(C)c(Nc2ccc(C(c3ccc(Nc4c(C)cc(C)c(C(=O)NC)c4C)cc3)c3ccc(S(=O)(=O)O)cc3S(=O)(=O)O)cc2)c1C. The predicted octanol–water partition coefficient (Wildman–Crippen LogP) is 7.42. The first kappa shape index (κ1) is 40.6. The largest absolute Gasteiger partial charge is 0.355 e. The van der Waals surface area contributed by atoms with Gasteiger partial charge in [-0.25, -0.2) is 0 Å². The number of aryl methyl sites for hydroxylation is 4. The third-order valence-electron chi connectivity index (χ3n) is 9.75. The third-order valence-corrected chi connectivity index (χ3v) is 11.5. The van der Waals surface area contributed by atoms with Crippen molar-refractivity contribution in [2.75, 3.05) is 24.7 Å². The first-order valence-electron chi connectivity index (χ1n) is 17.2. The molecule has 0 aromatic heterocycles. The highest BCUT2D eigenvalue weighted by Crippen LogP contribution is 2.39. The molecule has 5 aromatic carbocycles. The highest BCUT2D eigenvalue weighted by atomic mass is 32.2. The van der Waals surface area contributed by atoms with E-state index in [1.807, 2.05) is 53.7 Å². The van der Waals surface area contributed by atoms with E-state index in [1.54, 1.807) is 62.6 Å². The molecular formula is C41H44N4O8S2. The molecule has 0 unspecified atom stereocenters. The Morgan fingerprint density at radius 1 is 0.545 bits per heavy atom. The molecule has 5 aromatic rings. The molecule has 14 heteroatoms. The summed E-state index contributed by atoms with van der Waals surface area (Å²) >= 11 is 0. The molecule has 6 N–H and O–H groups in total. The first-order chi connectivity index (χ1) is 25.8. The van der Waals surface area contributed by atoms with Crippen molar-refractivity contribution >= 4 is 54.8 Å². The monoisotopic (exact) mass is 784 g/mol. The summed E-state index contributed by atoms with van der Waals surface area (Å²) in [5.41, 5.74) is 10.3. The van der Waals surface area contributed by atoms with E-state index in [1.165, 1.54) is 6.07 Å². The van der Waals surface area contributed by atoms with Gasteiger partial charge in [0.05, 0.1) is 9.79 Å². The normalized spacial score (nSPS) is 11.7. The fourth-order valence-electron chi connectivity index (χ4n) is 7.20. The maximum absolute atomic E-state index is 12.8. The minimum absolute atomic E-state index is 0.0669. The van der Waals surface area contributed by atoms with Crippen LogP contribution < -0.4 is 21.3 Å². The summed E-state index contributed by atoms with van der Waals surface area (Å²) in [7, 11) is -6.65. The van der Waals surface area contributed by atoms with Crippen LogP contribution in [0.25, 0.3) is 0 Å².